The summed E-state index contributed by atoms with van der Waals surface area (Å²) in [4.78, 5) is 0.925. The van der Waals surface area contributed by atoms with Gasteiger partial charge in [-0.05, 0) is 37.1 Å². The van der Waals surface area contributed by atoms with Crippen molar-refractivity contribution in [3.8, 4) is 0 Å². The van der Waals surface area contributed by atoms with Gasteiger partial charge in [-0.1, -0.05) is 12.1 Å². The zero-order chi connectivity index (χ0) is 8.27. The first kappa shape index (κ1) is 9.00. The van der Waals surface area contributed by atoms with Crippen LogP contribution in [0.3, 0.4) is 0 Å². The van der Waals surface area contributed by atoms with Crippen LogP contribution in [0.4, 0.5) is 8.78 Å². The number of alkyl halides is 2. The van der Waals surface area contributed by atoms with Crippen molar-refractivity contribution in [2.75, 3.05) is 0 Å². The Hall–Kier alpha value is -0.0900. The molecule has 0 spiro atoms. The predicted molar refractivity (Wildman–Crippen MR) is 46.2 cm³/mol. The fraction of sp³-hybridized carbons (Fsp3) is 0.143. The number of hydrogen-bond donors (Lipinski definition) is 0. The molecule has 0 saturated heterocycles. The molecule has 1 aromatic carbocycles. The zero-order valence-electron chi connectivity index (χ0n) is 5.43. The number of benzene rings is 1. The average Bonchev–Trinajstić information content (AvgIpc) is 2.05. The molecule has 0 heterocycles. The van der Waals surface area contributed by atoms with Crippen molar-refractivity contribution < 1.29 is 8.78 Å². The van der Waals surface area contributed by atoms with Gasteiger partial charge in [-0.25, -0.2) is 8.78 Å². The van der Waals surface area contributed by atoms with Gasteiger partial charge in [0, 0.05) is 10.5 Å². The minimum Gasteiger partial charge on any atom is -0.205 e. The highest BCUT2D eigenvalue weighted by Crippen LogP contribution is 2.26. The number of hydrogen-bond acceptors (Lipinski definition) is 1. The summed E-state index contributed by atoms with van der Waals surface area (Å²) in [5, 5.41) is 0. The predicted octanol–water partition coefficient (Wildman–Crippen LogP) is 4.03. The molecule has 0 aliphatic heterocycles. The van der Waals surface area contributed by atoms with E-state index in [4.69, 9.17) is 0 Å². The lowest BCUT2D eigenvalue weighted by Gasteiger charge is -1.98. The molecule has 0 bridgehead atoms. The maximum Gasteiger partial charge on any atom is 0.263 e. The summed E-state index contributed by atoms with van der Waals surface area (Å²) < 4.78 is 24.0. The molecule has 0 fully saturated rings. The zero-order valence-corrected chi connectivity index (χ0v) is 7.83. The van der Waals surface area contributed by atoms with Crippen molar-refractivity contribution in [1.82, 2.24) is 0 Å². The molecule has 0 saturated carbocycles. The van der Waals surface area contributed by atoms with Gasteiger partial charge in [0.2, 0.25) is 0 Å². The first-order valence-corrected chi connectivity index (χ1v) is 5.56. The first-order chi connectivity index (χ1) is 5.24. The fourth-order valence-corrected chi connectivity index (χ4v) is 1.55. The van der Waals surface area contributed by atoms with E-state index < -0.39 is 6.43 Å². The molecule has 1 rings (SSSR count). The van der Waals surface area contributed by atoms with Gasteiger partial charge in [0.05, 0.1) is 0 Å². The third kappa shape index (κ3) is 2.45. The van der Waals surface area contributed by atoms with Gasteiger partial charge >= 0.3 is 0 Å². The Bertz CT molecular complexity index is 222. The summed E-state index contributed by atoms with van der Waals surface area (Å²) in [5.74, 6) is 0. The number of rotatable bonds is 2. The molecule has 0 aromatic heterocycles. The molecule has 0 atom stereocenters. The van der Waals surface area contributed by atoms with E-state index in [2.05, 4.69) is 14.8 Å². The number of halogens is 3. The van der Waals surface area contributed by atoms with Crippen molar-refractivity contribution in [3.05, 3.63) is 29.8 Å². The molecule has 11 heavy (non-hydrogen) atoms. The summed E-state index contributed by atoms with van der Waals surface area (Å²) in [6, 6.07) is 6.16. The van der Waals surface area contributed by atoms with Crippen LogP contribution in [0, 0.1) is 0 Å². The molecule has 0 aliphatic carbocycles. The second-order valence-corrected chi connectivity index (χ2v) is 3.54. The van der Waals surface area contributed by atoms with E-state index in [0.29, 0.717) is 0 Å². The van der Waals surface area contributed by atoms with Crippen molar-refractivity contribution in [2.45, 2.75) is 11.3 Å². The SMILES string of the molecule is FC(F)c1ccc(SBr)cc1. The quantitative estimate of drug-likeness (QED) is 0.750. The van der Waals surface area contributed by atoms with Crippen LogP contribution in [0.15, 0.2) is 29.2 Å². The Morgan fingerprint density at radius 2 is 1.73 bits per heavy atom. The highest BCUT2D eigenvalue weighted by atomic mass is 79.9. The van der Waals surface area contributed by atoms with Crippen LogP contribution in [0.1, 0.15) is 12.0 Å². The van der Waals surface area contributed by atoms with Crippen LogP contribution in [0.25, 0.3) is 0 Å². The second kappa shape index (κ2) is 4.07. The molecule has 0 unspecified atom stereocenters. The smallest absolute Gasteiger partial charge is 0.205 e. The standard InChI is InChI=1S/C7H5BrF2S/c8-11-6-3-1-5(2-4-6)7(9)10/h1-4,7H. The van der Waals surface area contributed by atoms with Crippen LogP contribution < -0.4 is 0 Å². The van der Waals surface area contributed by atoms with Crippen LogP contribution in [-0.2, 0) is 0 Å². The largest absolute Gasteiger partial charge is 0.263 e. The maximum absolute atomic E-state index is 12.0. The third-order valence-electron chi connectivity index (χ3n) is 1.22. The van der Waals surface area contributed by atoms with E-state index >= 15 is 0 Å². The van der Waals surface area contributed by atoms with Gasteiger partial charge in [-0.15, -0.1) is 0 Å². The molecular weight excluding hydrogens is 234 g/mol. The van der Waals surface area contributed by atoms with Crippen molar-refractivity contribution in [3.63, 3.8) is 0 Å². The van der Waals surface area contributed by atoms with Gasteiger partial charge in [0.15, 0.2) is 0 Å². The third-order valence-corrected chi connectivity index (χ3v) is 2.79. The van der Waals surface area contributed by atoms with Crippen molar-refractivity contribution in [1.29, 1.82) is 0 Å². The van der Waals surface area contributed by atoms with Crippen LogP contribution in [0.5, 0.6) is 0 Å². The Morgan fingerprint density at radius 1 is 1.18 bits per heavy atom. The molecule has 0 aliphatic rings. The van der Waals surface area contributed by atoms with E-state index in [1.54, 1.807) is 12.1 Å². The molecular formula is C7H5BrF2S. The van der Waals surface area contributed by atoms with Crippen molar-refractivity contribution in [2.24, 2.45) is 0 Å². The van der Waals surface area contributed by atoms with Gasteiger partial charge in [-0.3, -0.25) is 0 Å². The molecule has 0 radical (unpaired) electrons. The topological polar surface area (TPSA) is 0 Å². The minimum absolute atomic E-state index is 0.0651. The Kier molecular flexibility index (Phi) is 3.33. The van der Waals surface area contributed by atoms with Crippen molar-refractivity contribution >= 4 is 25.0 Å². The summed E-state index contributed by atoms with van der Waals surface area (Å²) in [5.41, 5.74) is 0.0651. The average molecular weight is 239 g/mol. The highest BCUT2D eigenvalue weighted by Gasteiger charge is 2.04. The normalized spacial score (nSPS) is 10.5. The van der Waals surface area contributed by atoms with Crippen LogP contribution in [-0.4, -0.2) is 0 Å². The van der Waals surface area contributed by atoms with E-state index in [1.807, 2.05) is 0 Å². The Morgan fingerprint density at radius 3 is 2.09 bits per heavy atom. The summed E-state index contributed by atoms with van der Waals surface area (Å²) in [6.07, 6.45) is -2.37. The first-order valence-electron chi connectivity index (χ1n) is 2.90. The van der Waals surface area contributed by atoms with Crippen LogP contribution >= 0.6 is 25.0 Å². The van der Waals surface area contributed by atoms with Crippen LogP contribution in [0.2, 0.25) is 0 Å². The lowest BCUT2D eigenvalue weighted by atomic mass is 10.2. The molecule has 4 heteroatoms. The maximum atomic E-state index is 12.0. The summed E-state index contributed by atoms with van der Waals surface area (Å²) in [7, 11) is 1.36. The molecule has 0 N–H and O–H groups in total. The second-order valence-electron chi connectivity index (χ2n) is 1.95. The molecule has 0 amide bonds. The van der Waals surface area contributed by atoms with E-state index in [-0.39, 0.29) is 5.56 Å². The van der Waals surface area contributed by atoms with Gasteiger partial charge in [-0.2, -0.15) is 0 Å². The monoisotopic (exact) mass is 238 g/mol. The lowest BCUT2D eigenvalue weighted by Crippen LogP contribution is -1.81. The van der Waals surface area contributed by atoms with Gasteiger partial charge in [0.1, 0.15) is 0 Å². The molecule has 60 valence electrons. The summed E-state index contributed by atoms with van der Waals surface area (Å²) in [6.45, 7) is 0. The lowest BCUT2D eigenvalue weighted by molar-refractivity contribution is 0.151. The van der Waals surface area contributed by atoms with E-state index in [9.17, 15) is 8.78 Å². The summed E-state index contributed by atoms with van der Waals surface area (Å²) >= 11 is 3.15. The van der Waals surface area contributed by atoms with E-state index in [0.717, 1.165) is 4.90 Å². The van der Waals surface area contributed by atoms with Gasteiger partial charge in [0.25, 0.3) is 6.43 Å². The Labute approximate surface area is 75.2 Å². The minimum atomic E-state index is -2.37. The molecule has 1 aromatic rings. The van der Waals surface area contributed by atoms with Gasteiger partial charge < -0.3 is 0 Å². The highest BCUT2D eigenvalue weighted by molar-refractivity contribution is 9.50. The Balaban J connectivity index is 2.83. The fourth-order valence-electron chi connectivity index (χ4n) is 0.665. The molecule has 0 nitrogen and oxygen atoms in total. The van der Waals surface area contributed by atoms with E-state index in [1.165, 1.54) is 22.3 Å².